The number of para-hydroxylation sites is 1. The summed E-state index contributed by atoms with van der Waals surface area (Å²) in [6.07, 6.45) is 1.46. The Labute approximate surface area is 193 Å². The van der Waals surface area contributed by atoms with E-state index in [1.165, 1.54) is 22.5 Å². The minimum absolute atomic E-state index is 0.246. The number of hydrogen-bond donors (Lipinski definition) is 1. The highest BCUT2D eigenvalue weighted by Crippen LogP contribution is 2.24. The molecule has 34 heavy (non-hydrogen) atoms. The molecule has 3 aromatic heterocycles. The SMILES string of the molecule is Cn1cnc2c1c(=O)n(CC(=O)Nc1cc(-c3ccccc3)nn1-c1ccccc1)c(=O)n2C. The van der Waals surface area contributed by atoms with Gasteiger partial charge in [0.2, 0.25) is 5.91 Å². The van der Waals surface area contributed by atoms with Crippen LogP contribution in [0.5, 0.6) is 0 Å². The van der Waals surface area contributed by atoms with Crippen molar-refractivity contribution in [1.29, 1.82) is 0 Å². The number of benzene rings is 2. The minimum Gasteiger partial charge on any atom is -0.328 e. The topological polar surface area (TPSA) is 109 Å². The van der Waals surface area contributed by atoms with Gasteiger partial charge in [0.05, 0.1) is 17.7 Å². The summed E-state index contributed by atoms with van der Waals surface area (Å²) in [6.45, 7) is -0.451. The third-order valence-corrected chi connectivity index (χ3v) is 5.55. The van der Waals surface area contributed by atoms with Crippen LogP contribution >= 0.6 is 0 Å². The maximum Gasteiger partial charge on any atom is 0.332 e. The van der Waals surface area contributed by atoms with Crippen LogP contribution in [0.2, 0.25) is 0 Å². The van der Waals surface area contributed by atoms with Crippen LogP contribution in [0.15, 0.2) is 82.6 Å². The Morgan fingerprint density at radius 3 is 2.35 bits per heavy atom. The summed E-state index contributed by atoms with van der Waals surface area (Å²) in [5, 5.41) is 7.47. The average molecular weight is 455 g/mol. The van der Waals surface area contributed by atoms with E-state index in [4.69, 9.17) is 0 Å². The van der Waals surface area contributed by atoms with Crippen molar-refractivity contribution in [2.75, 3.05) is 5.32 Å². The van der Waals surface area contributed by atoms with Gasteiger partial charge in [-0.1, -0.05) is 48.5 Å². The number of carbonyl (C=O) groups excluding carboxylic acids is 1. The number of aryl methyl sites for hydroxylation is 2. The minimum atomic E-state index is -0.618. The van der Waals surface area contributed by atoms with E-state index in [-0.39, 0.29) is 11.2 Å². The maximum absolute atomic E-state index is 13.0. The van der Waals surface area contributed by atoms with Crippen LogP contribution in [0.25, 0.3) is 28.1 Å². The van der Waals surface area contributed by atoms with E-state index in [0.29, 0.717) is 11.5 Å². The molecule has 0 fully saturated rings. The molecular weight excluding hydrogens is 434 g/mol. The van der Waals surface area contributed by atoms with E-state index >= 15 is 0 Å². The standard InChI is InChI=1S/C24H21N7O3/c1-28-15-25-22-21(28)23(33)30(24(34)29(22)2)14-20(32)26-19-13-18(16-9-5-3-6-10-16)27-31(19)17-11-7-4-8-12-17/h3-13,15H,14H2,1-2H3,(H,26,32). The van der Waals surface area contributed by atoms with Crippen LogP contribution in [0.4, 0.5) is 5.82 Å². The van der Waals surface area contributed by atoms with Crippen molar-refractivity contribution in [3.05, 3.63) is 93.9 Å². The average Bonchev–Trinajstić information content (AvgIpc) is 3.45. The molecule has 0 aliphatic carbocycles. The van der Waals surface area contributed by atoms with Gasteiger partial charge in [0.15, 0.2) is 11.2 Å². The number of nitrogens with one attached hydrogen (secondary N) is 1. The lowest BCUT2D eigenvalue weighted by atomic mass is 10.2. The smallest absolute Gasteiger partial charge is 0.328 e. The van der Waals surface area contributed by atoms with Crippen LogP contribution in [-0.4, -0.2) is 34.4 Å². The van der Waals surface area contributed by atoms with Crippen molar-refractivity contribution < 1.29 is 4.79 Å². The molecule has 0 saturated heterocycles. The highest BCUT2D eigenvalue weighted by Gasteiger charge is 2.19. The second-order valence-corrected chi connectivity index (χ2v) is 7.84. The fraction of sp³-hybridized carbons (Fsp3) is 0.125. The van der Waals surface area contributed by atoms with E-state index in [2.05, 4.69) is 15.4 Å². The quantitative estimate of drug-likeness (QED) is 0.436. The fourth-order valence-electron chi connectivity index (χ4n) is 3.85. The zero-order chi connectivity index (χ0) is 23.8. The molecule has 0 spiro atoms. The highest BCUT2D eigenvalue weighted by molar-refractivity contribution is 5.91. The summed E-state index contributed by atoms with van der Waals surface area (Å²) >= 11 is 0. The second kappa shape index (κ2) is 8.32. The summed E-state index contributed by atoms with van der Waals surface area (Å²) in [5.74, 6) is -0.112. The number of amides is 1. The Bertz CT molecular complexity index is 1630. The lowest BCUT2D eigenvalue weighted by Gasteiger charge is -2.11. The summed E-state index contributed by atoms with van der Waals surface area (Å²) in [7, 11) is 3.18. The van der Waals surface area contributed by atoms with Crippen LogP contribution in [0.3, 0.4) is 0 Å². The number of hydrogen-bond acceptors (Lipinski definition) is 5. The first kappa shape index (κ1) is 21.1. The van der Waals surface area contributed by atoms with E-state index in [1.807, 2.05) is 60.7 Å². The molecule has 0 aliphatic rings. The van der Waals surface area contributed by atoms with E-state index in [9.17, 15) is 14.4 Å². The number of imidazole rings is 1. The Hall–Kier alpha value is -4.73. The van der Waals surface area contributed by atoms with Crippen molar-refractivity contribution >= 4 is 22.9 Å². The molecule has 0 atom stereocenters. The van der Waals surface area contributed by atoms with Gasteiger partial charge in [-0.3, -0.25) is 14.2 Å². The molecule has 10 nitrogen and oxygen atoms in total. The van der Waals surface area contributed by atoms with Crippen molar-refractivity contribution in [3.63, 3.8) is 0 Å². The molecule has 0 unspecified atom stereocenters. The molecule has 0 aliphatic heterocycles. The van der Waals surface area contributed by atoms with Crippen molar-refractivity contribution in [3.8, 4) is 16.9 Å². The Morgan fingerprint density at radius 2 is 1.65 bits per heavy atom. The molecule has 2 aromatic carbocycles. The normalized spacial score (nSPS) is 11.1. The third kappa shape index (κ3) is 3.60. The molecule has 3 heterocycles. The Morgan fingerprint density at radius 1 is 0.971 bits per heavy atom. The third-order valence-electron chi connectivity index (χ3n) is 5.55. The molecule has 10 heteroatoms. The predicted octanol–water partition coefficient (Wildman–Crippen LogP) is 1.93. The molecule has 170 valence electrons. The number of anilines is 1. The van der Waals surface area contributed by atoms with E-state index < -0.39 is 23.7 Å². The van der Waals surface area contributed by atoms with Gasteiger partial charge in [-0.05, 0) is 12.1 Å². The maximum atomic E-state index is 13.0. The highest BCUT2D eigenvalue weighted by atomic mass is 16.2. The zero-order valence-electron chi connectivity index (χ0n) is 18.5. The molecule has 0 saturated carbocycles. The van der Waals surface area contributed by atoms with Gasteiger partial charge in [0.25, 0.3) is 5.56 Å². The van der Waals surface area contributed by atoms with Gasteiger partial charge in [0.1, 0.15) is 12.4 Å². The first-order valence-corrected chi connectivity index (χ1v) is 10.6. The Kier molecular flexibility index (Phi) is 5.17. The lowest BCUT2D eigenvalue weighted by molar-refractivity contribution is -0.116. The Balaban J connectivity index is 1.52. The second-order valence-electron chi connectivity index (χ2n) is 7.84. The van der Waals surface area contributed by atoms with Crippen LogP contribution < -0.4 is 16.6 Å². The molecule has 5 rings (SSSR count). The summed E-state index contributed by atoms with van der Waals surface area (Å²) in [4.78, 5) is 42.8. The first-order valence-electron chi connectivity index (χ1n) is 10.6. The number of carbonyl (C=O) groups is 1. The van der Waals surface area contributed by atoms with Crippen molar-refractivity contribution in [2.24, 2.45) is 14.1 Å². The number of aromatic nitrogens is 6. The van der Waals surface area contributed by atoms with Crippen molar-refractivity contribution in [2.45, 2.75) is 6.54 Å². The first-order chi connectivity index (χ1) is 16.4. The zero-order valence-corrected chi connectivity index (χ0v) is 18.5. The summed E-state index contributed by atoms with van der Waals surface area (Å²) in [5.41, 5.74) is 1.63. The number of fused-ring (bicyclic) bond motifs is 1. The lowest BCUT2D eigenvalue weighted by Crippen LogP contribution is -2.42. The van der Waals surface area contributed by atoms with Crippen LogP contribution in [0, 0.1) is 0 Å². The van der Waals surface area contributed by atoms with Gasteiger partial charge >= 0.3 is 5.69 Å². The van der Waals surface area contributed by atoms with Gasteiger partial charge in [-0.15, -0.1) is 0 Å². The predicted molar refractivity (Wildman–Crippen MR) is 128 cm³/mol. The molecule has 1 amide bonds. The summed E-state index contributed by atoms with van der Waals surface area (Å²) in [6, 6.07) is 20.7. The summed E-state index contributed by atoms with van der Waals surface area (Å²) < 4.78 is 5.31. The van der Waals surface area contributed by atoms with Gasteiger partial charge < -0.3 is 9.88 Å². The fourth-order valence-corrected chi connectivity index (χ4v) is 3.85. The van der Waals surface area contributed by atoms with Gasteiger partial charge in [0, 0.05) is 25.7 Å². The molecule has 0 bridgehead atoms. The number of rotatable bonds is 5. The van der Waals surface area contributed by atoms with Gasteiger partial charge in [-0.25, -0.2) is 19.0 Å². The van der Waals surface area contributed by atoms with E-state index in [1.54, 1.807) is 17.8 Å². The molecular formula is C24H21N7O3. The number of nitrogens with zero attached hydrogens (tertiary/aromatic N) is 6. The monoisotopic (exact) mass is 455 g/mol. The molecule has 1 N–H and O–H groups in total. The van der Waals surface area contributed by atoms with Gasteiger partial charge in [-0.2, -0.15) is 5.10 Å². The molecule has 5 aromatic rings. The van der Waals surface area contributed by atoms with E-state index in [0.717, 1.165) is 15.8 Å². The van der Waals surface area contributed by atoms with Crippen LogP contribution in [0.1, 0.15) is 0 Å². The van der Waals surface area contributed by atoms with Crippen LogP contribution in [-0.2, 0) is 25.4 Å². The molecule has 0 radical (unpaired) electrons. The largest absolute Gasteiger partial charge is 0.332 e. The van der Waals surface area contributed by atoms with Crippen molar-refractivity contribution in [1.82, 2.24) is 28.5 Å².